The largest absolute Gasteiger partial charge is 0.394 e. The molecule has 0 spiro atoms. The highest BCUT2D eigenvalue weighted by Gasteiger charge is 2.26. The lowest BCUT2D eigenvalue weighted by Gasteiger charge is -2.26. The first-order chi connectivity index (χ1) is 32.6. The second-order valence-corrected chi connectivity index (χ2v) is 21.6. The van der Waals surface area contributed by atoms with E-state index in [2.05, 4.69) is 19.2 Å². The minimum Gasteiger partial charge on any atom is -0.394 e. The van der Waals surface area contributed by atoms with Crippen molar-refractivity contribution in [1.29, 1.82) is 0 Å². The van der Waals surface area contributed by atoms with E-state index in [1.807, 2.05) is 0 Å². The highest BCUT2D eigenvalue weighted by Crippen LogP contribution is 2.19. The maximum atomic E-state index is 12.5. The fourth-order valence-electron chi connectivity index (χ4n) is 10.2. The van der Waals surface area contributed by atoms with Crippen molar-refractivity contribution in [2.24, 2.45) is 0 Å². The van der Waals surface area contributed by atoms with E-state index in [0.29, 0.717) is 12.8 Å². The van der Waals surface area contributed by atoms with Gasteiger partial charge in [-0.05, 0) is 12.8 Å². The van der Waals surface area contributed by atoms with Crippen LogP contribution in [0.4, 0.5) is 0 Å². The summed E-state index contributed by atoms with van der Waals surface area (Å²) in [4.78, 5) is 12.5. The molecule has 1 amide bonds. The van der Waals surface area contributed by atoms with Gasteiger partial charge < -0.3 is 20.6 Å². The lowest BCUT2D eigenvalue weighted by molar-refractivity contribution is -0.124. The van der Waals surface area contributed by atoms with Gasteiger partial charge in [-0.3, -0.25) is 4.79 Å². The van der Waals surface area contributed by atoms with Crippen LogP contribution < -0.4 is 5.32 Å². The molecule has 3 unspecified atom stereocenters. The molecule has 0 saturated heterocycles. The minimum absolute atomic E-state index is 0.135. The van der Waals surface area contributed by atoms with Gasteiger partial charge >= 0.3 is 0 Å². The van der Waals surface area contributed by atoms with Crippen LogP contribution in [0, 0.1) is 0 Å². The van der Waals surface area contributed by atoms with Gasteiger partial charge in [-0.15, -0.1) is 0 Å². The third kappa shape index (κ3) is 51.2. The number of carbonyl (C=O) groups is 1. The monoisotopic (exact) mass is 934 g/mol. The Kier molecular flexibility index (Phi) is 56.4. The summed E-state index contributed by atoms with van der Waals surface area (Å²) >= 11 is 0. The predicted molar refractivity (Wildman–Crippen MR) is 292 cm³/mol. The van der Waals surface area contributed by atoms with Crippen molar-refractivity contribution in [3.8, 4) is 0 Å². The molecule has 0 heterocycles. The number of amides is 1. The van der Waals surface area contributed by atoms with Crippen molar-refractivity contribution in [3.63, 3.8) is 0 Å². The molecule has 0 saturated carbocycles. The number of aliphatic hydroxyl groups is 3. The van der Waals surface area contributed by atoms with Gasteiger partial charge in [-0.2, -0.15) is 0 Å². The molecule has 0 fully saturated rings. The van der Waals surface area contributed by atoms with Gasteiger partial charge in [-0.25, -0.2) is 0 Å². The van der Waals surface area contributed by atoms with Gasteiger partial charge in [0, 0.05) is 6.42 Å². The van der Waals surface area contributed by atoms with E-state index in [-0.39, 0.29) is 12.5 Å². The lowest BCUT2D eigenvalue weighted by Crippen LogP contribution is -2.50. The van der Waals surface area contributed by atoms with Gasteiger partial charge in [-0.1, -0.05) is 341 Å². The Morgan fingerprint density at radius 2 is 0.515 bits per heavy atom. The second kappa shape index (κ2) is 56.9. The maximum Gasteiger partial charge on any atom is 0.220 e. The number of hydrogen-bond donors (Lipinski definition) is 4. The van der Waals surface area contributed by atoms with E-state index in [0.717, 1.165) is 32.1 Å². The molecule has 0 aromatic carbocycles. The number of nitrogens with one attached hydrogen (secondary N) is 1. The summed E-state index contributed by atoms with van der Waals surface area (Å²) in [7, 11) is 0. The summed E-state index contributed by atoms with van der Waals surface area (Å²) in [5.41, 5.74) is 0. The van der Waals surface area contributed by atoms with Gasteiger partial charge in [0.05, 0.1) is 18.8 Å². The number of aliphatic hydroxyl groups excluding tert-OH is 3. The predicted octanol–water partition coefficient (Wildman–Crippen LogP) is 19.3. The topological polar surface area (TPSA) is 89.8 Å². The van der Waals surface area contributed by atoms with Crippen LogP contribution in [0.3, 0.4) is 0 Å². The van der Waals surface area contributed by atoms with Crippen LogP contribution in [-0.4, -0.2) is 46.1 Å². The minimum atomic E-state index is -1.13. The summed E-state index contributed by atoms with van der Waals surface area (Å²) in [5, 5.41) is 33.8. The third-order valence-corrected chi connectivity index (χ3v) is 15.0. The van der Waals surface area contributed by atoms with Crippen LogP contribution >= 0.6 is 0 Å². The Balaban J connectivity index is 3.44. The van der Waals surface area contributed by atoms with Crippen molar-refractivity contribution >= 4 is 5.91 Å². The molecular formula is C61H123NO4. The van der Waals surface area contributed by atoms with E-state index in [1.54, 1.807) is 0 Å². The average molecular weight is 935 g/mol. The molecule has 396 valence electrons. The summed E-state index contributed by atoms with van der Waals surface area (Å²) in [6.45, 7) is 4.23. The fourth-order valence-corrected chi connectivity index (χ4v) is 10.2. The van der Waals surface area contributed by atoms with Crippen molar-refractivity contribution < 1.29 is 20.1 Å². The van der Waals surface area contributed by atoms with Crippen LogP contribution in [-0.2, 0) is 4.79 Å². The number of hydrogen-bond acceptors (Lipinski definition) is 4. The van der Waals surface area contributed by atoms with Crippen molar-refractivity contribution in [1.82, 2.24) is 5.32 Å². The molecule has 0 radical (unpaired) electrons. The van der Waals surface area contributed by atoms with E-state index in [9.17, 15) is 20.1 Å². The Hall–Kier alpha value is -0.650. The van der Waals surface area contributed by atoms with E-state index < -0.39 is 18.2 Å². The van der Waals surface area contributed by atoms with Crippen LogP contribution in [0.1, 0.15) is 361 Å². The third-order valence-electron chi connectivity index (χ3n) is 15.0. The number of carbonyl (C=O) groups excluding carboxylic acids is 1. The number of unbranched alkanes of at least 4 members (excludes halogenated alkanes) is 50. The summed E-state index contributed by atoms with van der Waals surface area (Å²) in [5.74, 6) is -0.135. The van der Waals surface area contributed by atoms with Gasteiger partial charge in [0.15, 0.2) is 0 Å². The first-order valence-corrected chi connectivity index (χ1v) is 30.8. The van der Waals surface area contributed by atoms with Gasteiger partial charge in [0.25, 0.3) is 0 Å². The first kappa shape index (κ1) is 65.3. The fraction of sp³-hybridized carbons (Fsp3) is 0.984. The smallest absolute Gasteiger partial charge is 0.220 e. The molecule has 0 bridgehead atoms. The number of rotatable bonds is 58. The van der Waals surface area contributed by atoms with Crippen molar-refractivity contribution in [2.75, 3.05) is 6.61 Å². The molecule has 0 rings (SSSR count). The SMILES string of the molecule is CCCCCCCCCCCCCCCCCCCCCCCCCCCCCCCCCCC(=O)NC(CO)C(O)C(O)CCCCCCCCCCCCCCCCCCCCCC. The van der Waals surface area contributed by atoms with Crippen LogP contribution in [0.5, 0.6) is 0 Å². The summed E-state index contributed by atoms with van der Waals surface area (Å²) in [6.07, 6.45) is 70.0. The molecular weight excluding hydrogens is 811 g/mol. The zero-order chi connectivity index (χ0) is 47.9. The highest BCUT2D eigenvalue weighted by atomic mass is 16.3. The molecule has 0 aromatic rings. The first-order valence-electron chi connectivity index (χ1n) is 30.8. The lowest BCUT2D eigenvalue weighted by atomic mass is 9.99. The summed E-state index contributed by atoms with van der Waals surface area (Å²) in [6, 6.07) is -0.805. The maximum absolute atomic E-state index is 12.5. The van der Waals surface area contributed by atoms with Gasteiger partial charge in [0.1, 0.15) is 6.10 Å². The van der Waals surface area contributed by atoms with E-state index in [4.69, 9.17) is 0 Å². The standard InChI is InChI=1S/C61H123NO4/c1-3-5-7-9-11-13-15-17-19-21-23-25-26-27-28-29-30-31-32-33-34-35-36-38-40-42-44-46-48-50-52-54-56-60(65)62-58(57-63)61(66)59(64)55-53-51-49-47-45-43-41-39-37-24-22-20-18-16-14-12-10-8-6-4-2/h58-59,61,63-64,66H,3-57H2,1-2H3,(H,62,65). The normalized spacial score (nSPS) is 13.1. The molecule has 5 heteroatoms. The van der Waals surface area contributed by atoms with Crippen molar-refractivity contribution in [3.05, 3.63) is 0 Å². The van der Waals surface area contributed by atoms with Crippen molar-refractivity contribution in [2.45, 2.75) is 379 Å². The van der Waals surface area contributed by atoms with Gasteiger partial charge in [0.2, 0.25) is 5.91 Å². The Morgan fingerprint density at radius 1 is 0.318 bits per heavy atom. The quantitative estimate of drug-likeness (QED) is 0.0458. The zero-order valence-corrected chi connectivity index (χ0v) is 45.4. The van der Waals surface area contributed by atoms with E-state index >= 15 is 0 Å². The van der Waals surface area contributed by atoms with E-state index in [1.165, 1.54) is 302 Å². The second-order valence-electron chi connectivity index (χ2n) is 21.6. The molecule has 0 aromatic heterocycles. The molecule has 5 nitrogen and oxygen atoms in total. The van der Waals surface area contributed by atoms with Crippen LogP contribution in [0.25, 0.3) is 0 Å². The molecule has 4 N–H and O–H groups in total. The van der Waals surface area contributed by atoms with Crippen LogP contribution in [0.2, 0.25) is 0 Å². The Bertz CT molecular complexity index is 898. The Morgan fingerprint density at radius 3 is 0.727 bits per heavy atom. The zero-order valence-electron chi connectivity index (χ0n) is 45.4. The molecule has 0 aliphatic carbocycles. The molecule has 0 aliphatic rings. The average Bonchev–Trinajstić information content (AvgIpc) is 3.32. The highest BCUT2D eigenvalue weighted by molar-refractivity contribution is 5.76. The molecule has 66 heavy (non-hydrogen) atoms. The summed E-state index contributed by atoms with van der Waals surface area (Å²) < 4.78 is 0. The molecule has 3 atom stereocenters. The molecule has 0 aliphatic heterocycles. The Labute approximate surface area is 415 Å². The van der Waals surface area contributed by atoms with Crippen LogP contribution in [0.15, 0.2) is 0 Å².